The third kappa shape index (κ3) is 1.81. The van der Waals surface area contributed by atoms with Gasteiger partial charge in [-0.3, -0.25) is 4.99 Å². The van der Waals surface area contributed by atoms with Gasteiger partial charge in [-0.25, -0.2) is 0 Å². The van der Waals surface area contributed by atoms with Crippen LogP contribution in [0.4, 0.5) is 0 Å². The summed E-state index contributed by atoms with van der Waals surface area (Å²) < 4.78 is 0. The molecule has 0 aromatic carbocycles. The Morgan fingerprint density at radius 1 is 1.46 bits per heavy atom. The summed E-state index contributed by atoms with van der Waals surface area (Å²) in [5, 5.41) is 0. The molecule has 0 radical (unpaired) electrons. The van der Waals surface area contributed by atoms with Gasteiger partial charge >= 0.3 is 0 Å². The molecular weight excluding hydrogens is 226 g/mol. The van der Waals surface area contributed by atoms with Crippen LogP contribution in [0.1, 0.15) is 26.2 Å². The monoisotopic (exact) mass is 239 g/mol. The third-order valence-corrected chi connectivity index (χ3v) is 4.03. The first-order valence-electron chi connectivity index (χ1n) is 4.96. The van der Waals surface area contributed by atoms with Crippen LogP contribution in [0.2, 0.25) is 0 Å². The Morgan fingerprint density at radius 3 is 3.15 bits per heavy atom. The van der Waals surface area contributed by atoms with Crippen LogP contribution in [0.15, 0.2) is 4.99 Å². The lowest BCUT2D eigenvalue weighted by Crippen LogP contribution is -2.34. The summed E-state index contributed by atoms with van der Waals surface area (Å²) in [6, 6.07) is 0.487. The number of nitrogens with zero attached hydrogens (tertiary/aromatic N) is 1. The van der Waals surface area contributed by atoms with E-state index in [1.807, 2.05) is 0 Å². The van der Waals surface area contributed by atoms with Gasteiger partial charge in [0.2, 0.25) is 0 Å². The molecule has 1 saturated carbocycles. The standard InChI is InChI=1S/C11H14BrN/c1-8-4-2-5-9-10(12)6-3-7-13-11(8)9/h7-11H,2,4-5H2,1H3/t8?,9?,10?,11-/m1/s1. The van der Waals surface area contributed by atoms with Crippen molar-refractivity contribution in [2.75, 3.05) is 0 Å². The van der Waals surface area contributed by atoms with Gasteiger partial charge in [-0.2, -0.15) is 0 Å². The summed E-state index contributed by atoms with van der Waals surface area (Å²) in [6.45, 7) is 2.30. The highest BCUT2D eigenvalue weighted by Crippen LogP contribution is 2.36. The minimum Gasteiger partial charge on any atom is -0.280 e. The van der Waals surface area contributed by atoms with Crippen molar-refractivity contribution in [1.82, 2.24) is 0 Å². The van der Waals surface area contributed by atoms with E-state index >= 15 is 0 Å². The van der Waals surface area contributed by atoms with Crippen molar-refractivity contribution in [2.45, 2.75) is 37.1 Å². The fraction of sp³-hybridized carbons (Fsp3) is 0.727. The van der Waals surface area contributed by atoms with Gasteiger partial charge in [0.05, 0.1) is 17.1 Å². The molecule has 1 heterocycles. The molecule has 4 atom stereocenters. The summed E-state index contributed by atoms with van der Waals surface area (Å²) in [5.74, 6) is 7.52. The van der Waals surface area contributed by atoms with Gasteiger partial charge in [-0.1, -0.05) is 41.1 Å². The first-order valence-corrected chi connectivity index (χ1v) is 5.87. The average Bonchev–Trinajstić information content (AvgIpc) is 2.30. The van der Waals surface area contributed by atoms with E-state index in [4.69, 9.17) is 0 Å². The quantitative estimate of drug-likeness (QED) is 0.456. The molecule has 0 bridgehead atoms. The fourth-order valence-electron chi connectivity index (χ4n) is 2.36. The zero-order chi connectivity index (χ0) is 9.26. The number of fused-ring (bicyclic) bond motifs is 1. The second kappa shape index (κ2) is 3.84. The van der Waals surface area contributed by atoms with Gasteiger partial charge in [0, 0.05) is 5.92 Å². The van der Waals surface area contributed by atoms with Gasteiger partial charge in [0.25, 0.3) is 0 Å². The molecule has 0 aromatic rings. The highest BCUT2D eigenvalue weighted by Gasteiger charge is 2.34. The Kier molecular flexibility index (Phi) is 2.74. The van der Waals surface area contributed by atoms with E-state index in [1.54, 1.807) is 6.21 Å². The van der Waals surface area contributed by atoms with Gasteiger partial charge in [0.15, 0.2) is 0 Å². The van der Waals surface area contributed by atoms with Gasteiger partial charge < -0.3 is 0 Å². The maximum Gasteiger partial charge on any atom is 0.0807 e. The van der Waals surface area contributed by atoms with E-state index in [0.29, 0.717) is 16.8 Å². The first-order chi connectivity index (χ1) is 6.29. The topological polar surface area (TPSA) is 12.4 Å². The summed E-state index contributed by atoms with van der Waals surface area (Å²) in [4.78, 5) is 4.90. The summed E-state index contributed by atoms with van der Waals surface area (Å²) in [7, 11) is 0. The highest BCUT2D eigenvalue weighted by molar-refractivity contribution is 9.09. The molecule has 0 amide bonds. The van der Waals surface area contributed by atoms with E-state index in [1.165, 1.54) is 19.3 Å². The average molecular weight is 240 g/mol. The predicted molar refractivity (Wildman–Crippen MR) is 59.3 cm³/mol. The molecule has 1 nitrogen and oxygen atoms in total. The third-order valence-electron chi connectivity index (χ3n) is 3.13. The van der Waals surface area contributed by atoms with Gasteiger partial charge in [-0.15, -0.1) is 0 Å². The van der Waals surface area contributed by atoms with Crippen LogP contribution < -0.4 is 0 Å². The lowest BCUT2D eigenvalue weighted by atomic mass is 9.77. The van der Waals surface area contributed by atoms with Crippen LogP contribution in [0.5, 0.6) is 0 Å². The molecule has 2 heteroatoms. The van der Waals surface area contributed by atoms with Crippen molar-refractivity contribution in [2.24, 2.45) is 16.8 Å². The number of rotatable bonds is 0. The Morgan fingerprint density at radius 2 is 2.31 bits per heavy atom. The van der Waals surface area contributed by atoms with Crippen LogP contribution in [0.3, 0.4) is 0 Å². The maximum atomic E-state index is 4.55. The molecule has 3 unspecified atom stereocenters. The summed E-state index contributed by atoms with van der Waals surface area (Å²) in [5.41, 5.74) is 0. The summed E-state index contributed by atoms with van der Waals surface area (Å²) in [6.07, 6.45) is 5.72. The van der Waals surface area contributed by atoms with Crippen molar-refractivity contribution in [3.63, 3.8) is 0 Å². The first kappa shape index (κ1) is 9.27. The predicted octanol–water partition coefficient (Wildman–Crippen LogP) is 2.64. The van der Waals surface area contributed by atoms with Crippen LogP contribution in [0.25, 0.3) is 0 Å². The van der Waals surface area contributed by atoms with Crippen molar-refractivity contribution < 1.29 is 0 Å². The zero-order valence-corrected chi connectivity index (χ0v) is 9.42. The Balaban J connectivity index is 2.22. The number of alkyl halides is 1. The van der Waals surface area contributed by atoms with E-state index in [2.05, 4.69) is 39.7 Å². The number of hydrogen-bond donors (Lipinski definition) is 0. The van der Waals surface area contributed by atoms with Crippen LogP contribution in [-0.4, -0.2) is 17.1 Å². The molecule has 2 rings (SSSR count). The van der Waals surface area contributed by atoms with E-state index in [9.17, 15) is 0 Å². The largest absolute Gasteiger partial charge is 0.280 e. The minimum atomic E-state index is 0.350. The molecule has 1 aliphatic heterocycles. The van der Waals surface area contributed by atoms with E-state index in [0.717, 1.165) is 5.92 Å². The Labute approximate surface area is 88.1 Å². The second-order valence-corrected chi connectivity index (χ2v) is 5.02. The van der Waals surface area contributed by atoms with Gasteiger partial charge in [-0.05, 0) is 18.8 Å². The lowest BCUT2D eigenvalue weighted by Gasteiger charge is -2.34. The van der Waals surface area contributed by atoms with Crippen molar-refractivity contribution in [3.8, 4) is 11.8 Å². The normalized spacial score (nSPS) is 42.9. The Bertz CT molecular complexity index is 274. The molecule has 0 aromatic heterocycles. The van der Waals surface area contributed by atoms with Crippen LogP contribution >= 0.6 is 15.9 Å². The van der Waals surface area contributed by atoms with E-state index < -0.39 is 0 Å². The van der Waals surface area contributed by atoms with Crippen LogP contribution in [-0.2, 0) is 0 Å². The number of hydrogen-bond acceptors (Lipinski definition) is 1. The van der Waals surface area contributed by atoms with Crippen molar-refractivity contribution in [3.05, 3.63) is 0 Å². The second-order valence-electron chi connectivity index (χ2n) is 4.03. The molecule has 0 saturated heterocycles. The van der Waals surface area contributed by atoms with Crippen molar-refractivity contribution >= 4 is 22.1 Å². The summed E-state index contributed by atoms with van der Waals surface area (Å²) >= 11 is 3.65. The van der Waals surface area contributed by atoms with Crippen molar-refractivity contribution in [1.29, 1.82) is 0 Å². The molecular formula is C11H14BrN. The minimum absolute atomic E-state index is 0.350. The van der Waals surface area contributed by atoms with Crippen LogP contribution in [0, 0.1) is 23.7 Å². The Hall–Kier alpha value is -0.290. The highest BCUT2D eigenvalue weighted by atomic mass is 79.9. The molecule has 1 aliphatic carbocycles. The smallest absolute Gasteiger partial charge is 0.0807 e. The fourth-order valence-corrected chi connectivity index (χ4v) is 3.07. The zero-order valence-electron chi connectivity index (χ0n) is 7.83. The SMILES string of the molecule is CC1CCCC2C(Br)C#CC=N[C@H]12. The molecule has 0 N–H and O–H groups in total. The number of halogens is 1. The molecule has 13 heavy (non-hydrogen) atoms. The maximum absolute atomic E-state index is 4.55. The molecule has 0 spiro atoms. The molecule has 70 valence electrons. The van der Waals surface area contributed by atoms with Gasteiger partial charge in [0.1, 0.15) is 0 Å². The molecule has 1 fully saturated rings. The molecule has 2 aliphatic rings. The lowest BCUT2D eigenvalue weighted by molar-refractivity contribution is 0.247. The number of aliphatic imine (C=N–C) groups is 1. The van der Waals surface area contributed by atoms with E-state index in [-0.39, 0.29) is 0 Å².